The van der Waals surface area contributed by atoms with E-state index in [-0.39, 0.29) is 11.3 Å². The number of anilines is 2. The third kappa shape index (κ3) is 1.14. The van der Waals surface area contributed by atoms with E-state index in [4.69, 9.17) is 23.3 Å². The van der Waals surface area contributed by atoms with Crippen LogP contribution in [0.1, 0.15) is 5.56 Å². The Morgan fingerprint density at radius 2 is 1.92 bits per heavy atom. The summed E-state index contributed by atoms with van der Waals surface area (Å²) in [6.45, 7) is 6.73. The van der Waals surface area contributed by atoms with Gasteiger partial charge in [-0.1, -0.05) is 0 Å². The molecule has 0 saturated heterocycles. The van der Waals surface area contributed by atoms with Crippen molar-refractivity contribution in [3.63, 3.8) is 0 Å². The summed E-state index contributed by atoms with van der Waals surface area (Å²) in [5, 5.41) is 8.58. The summed E-state index contributed by atoms with van der Waals surface area (Å²) in [5.74, 6) is 0. The van der Waals surface area contributed by atoms with E-state index in [2.05, 4.69) is 4.85 Å². The van der Waals surface area contributed by atoms with E-state index in [0.29, 0.717) is 11.4 Å². The fraction of sp³-hybridized carbons (Fsp3) is 0. The molecule has 0 aliphatic rings. The van der Waals surface area contributed by atoms with Crippen molar-refractivity contribution < 1.29 is 0 Å². The number of nitriles is 1. The lowest BCUT2D eigenvalue weighted by molar-refractivity contribution is 1.49. The zero-order chi connectivity index (χ0) is 9.14. The van der Waals surface area contributed by atoms with Crippen molar-refractivity contribution in [2.75, 3.05) is 11.5 Å². The number of nitrogen functional groups attached to an aromatic ring is 2. The van der Waals surface area contributed by atoms with Crippen LogP contribution in [-0.4, -0.2) is 0 Å². The fourth-order valence-electron chi connectivity index (χ4n) is 0.803. The second-order valence-electron chi connectivity index (χ2n) is 2.22. The first-order valence-electron chi connectivity index (χ1n) is 3.15. The van der Waals surface area contributed by atoms with Gasteiger partial charge in [0.15, 0.2) is 0 Å². The Kier molecular flexibility index (Phi) is 1.85. The van der Waals surface area contributed by atoms with E-state index in [1.54, 1.807) is 0 Å². The zero-order valence-corrected chi connectivity index (χ0v) is 6.20. The number of nitrogens with zero attached hydrogens (tertiary/aromatic N) is 2. The molecule has 4 heteroatoms. The predicted molar refractivity (Wildman–Crippen MR) is 46.2 cm³/mol. The first-order valence-corrected chi connectivity index (χ1v) is 3.15. The van der Waals surface area contributed by atoms with E-state index >= 15 is 0 Å². The van der Waals surface area contributed by atoms with E-state index in [0.717, 1.165) is 0 Å². The van der Waals surface area contributed by atoms with Crippen LogP contribution >= 0.6 is 0 Å². The lowest BCUT2D eigenvalue weighted by Gasteiger charge is -2.00. The van der Waals surface area contributed by atoms with Crippen molar-refractivity contribution in [3.05, 3.63) is 29.1 Å². The van der Waals surface area contributed by atoms with Crippen molar-refractivity contribution in [2.24, 2.45) is 0 Å². The molecule has 0 aliphatic heterocycles. The van der Waals surface area contributed by atoms with Gasteiger partial charge in [0, 0.05) is 5.69 Å². The molecule has 0 heterocycles. The van der Waals surface area contributed by atoms with Crippen LogP contribution in [0.25, 0.3) is 4.85 Å². The number of rotatable bonds is 0. The first-order chi connectivity index (χ1) is 5.69. The SMILES string of the molecule is [C-]#[N+]c1cc(N)c(N)cc1C#N. The molecule has 12 heavy (non-hydrogen) atoms. The summed E-state index contributed by atoms with van der Waals surface area (Å²) in [7, 11) is 0. The van der Waals surface area contributed by atoms with Crippen molar-refractivity contribution in [1.29, 1.82) is 5.26 Å². The summed E-state index contributed by atoms with van der Waals surface area (Å²) in [6.07, 6.45) is 0. The van der Waals surface area contributed by atoms with E-state index in [9.17, 15) is 0 Å². The van der Waals surface area contributed by atoms with Gasteiger partial charge in [0.05, 0.1) is 23.9 Å². The third-order valence-corrected chi connectivity index (χ3v) is 1.44. The van der Waals surface area contributed by atoms with Crippen molar-refractivity contribution in [2.45, 2.75) is 0 Å². The standard InChI is InChI=1S/C8H6N4/c1-12-8-3-7(11)6(10)2-5(8)4-9/h2-3H,10-11H2. The molecule has 0 aromatic heterocycles. The molecule has 58 valence electrons. The lowest BCUT2D eigenvalue weighted by Crippen LogP contribution is -1.94. The average Bonchev–Trinajstić information content (AvgIpc) is 2.09. The molecule has 4 N–H and O–H groups in total. The van der Waals surface area contributed by atoms with Gasteiger partial charge in [-0.3, -0.25) is 0 Å². The van der Waals surface area contributed by atoms with Gasteiger partial charge in [-0.2, -0.15) is 5.26 Å². The van der Waals surface area contributed by atoms with Crippen molar-refractivity contribution in [3.8, 4) is 6.07 Å². The molecule has 0 fully saturated rings. The largest absolute Gasteiger partial charge is 0.398 e. The Bertz CT molecular complexity index is 356. The summed E-state index contributed by atoms with van der Waals surface area (Å²) >= 11 is 0. The summed E-state index contributed by atoms with van der Waals surface area (Å²) < 4.78 is 0. The van der Waals surface area contributed by atoms with Gasteiger partial charge in [0.1, 0.15) is 0 Å². The van der Waals surface area contributed by atoms with Crippen LogP contribution in [0.2, 0.25) is 0 Å². The summed E-state index contributed by atoms with van der Waals surface area (Å²) in [6, 6.07) is 4.67. The maximum atomic E-state index is 8.58. The maximum Gasteiger partial charge on any atom is 0.206 e. The second-order valence-corrected chi connectivity index (χ2v) is 2.22. The van der Waals surface area contributed by atoms with Crippen LogP contribution in [-0.2, 0) is 0 Å². The van der Waals surface area contributed by atoms with Gasteiger partial charge < -0.3 is 11.5 Å². The quantitative estimate of drug-likeness (QED) is 0.440. The molecule has 0 unspecified atom stereocenters. The highest BCUT2D eigenvalue weighted by atomic mass is 14.7. The average molecular weight is 158 g/mol. The molecule has 0 radical (unpaired) electrons. The van der Waals surface area contributed by atoms with Crippen LogP contribution in [0.15, 0.2) is 12.1 Å². The predicted octanol–water partition coefficient (Wildman–Crippen LogP) is 1.27. The van der Waals surface area contributed by atoms with Gasteiger partial charge in [-0.15, -0.1) is 0 Å². The molecular formula is C8H6N4. The molecule has 0 spiro atoms. The van der Waals surface area contributed by atoms with Crippen LogP contribution in [0.4, 0.5) is 17.1 Å². The maximum absolute atomic E-state index is 8.58. The van der Waals surface area contributed by atoms with Crippen LogP contribution in [0.3, 0.4) is 0 Å². The summed E-state index contributed by atoms with van der Waals surface area (Å²) in [5.41, 5.74) is 12.0. The van der Waals surface area contributed by atoms with Gasteiger partial charge >= 0.3 is 0 Å². The van der Waals surface area contributed by atoms with Crippen LogP contribution in [0.5, 0.6) is 0 Å². The Balaban J connectivity index is 3.44. The molecule has 0 aliphatic carbocycles. The van der Waals surface area contributed by atoms with Crippen LogP contribution in [0, 0.1) is 17.9 Å². The van der Waals surface area contributed by atoms with Gasteiger partial charge in [-0.05, 0) is 12.1 Å². The second kappa shape index (κ2) is 2.81. The molecule has 0 saturated carbocycles. The minimum atomic E-state index is 0.240. The molecule has 4 nitrogen and oxygen atoms in total. The van der Waals surface area contributed by atoms with E-state index in [1.165, 1.54) is 12.1 Å². The van der Waals surface area contributed by atoms with E-state index in [1.807, 2.05) is 6.07 Å². The molecule has 1 rings (SSSR count). The Hall–Kier alpha value is -2.20. The number of benzene rings is 1. The zero-order valence-electron chi connectivity index (χ0n) is 6.20. The Morgan fingerprint density at radius 1 is 1.33 bits per heavy atom. The molecule has 1 aromatic carbocycles. The van der Waals surface area contributed by atoms with Crippen molar-refractivity contribution in [1.82, 2.24) is 0 Å². The topological polar surface area (TPSA) is 80.2 Å². The minimum Gasteiger partial charge on any atom is -0.398 e. The van der Waals surface area contributed by atoms with Crippen molar-refractivity contribution >= 4 is 17.1 Å². The van der Waals surface area contributed by atoms with Crippen LogP contribution < -0.4 is 11.5 Å². The fourth-order valence-corrected chi connectivity index (χ4v) is 0.803. The lowest BCUT2D eigenvalue weighted by atomic mass is 10.1. The monoisotopic (exact) mass is 158 g/mol. The highest BCUT2D eigenvalue weighted by molar-refractivity contribution is 5.75. The smallest absolute Gasteiger partial charge is 0.206 e. The van der Waals surface area contributed by atoms with Gasteiger partial charge in [0.25, 0.3) is 0 Å². The Morgan fingerprint density at radius 3 is 2.42 bits per heavy atom. The number of hydrogen-bond acceptors (Lipinski definition) is 3. The normalized spacial score (nSPS) is 8.50. The summed E-state index contributed by atoms with van der Waals surface area (Å²) in [4.78, 5) is 3.14. The van der Waals surface area contributed by atoms with Gasteiger partial charge in [-0.25, -0.2) is 4.85 Å². The van der Waals surface area contributed by atoms with Gasteiger partial charge in [0.2, 0.25) is 5.69 Å². The molecule has 0 bridgehead atoms. The number of hydrogen-bond donors (Lipinski definition) is 2. The third-order valence-electron chi connectivity index (χ3n) is 1.44. The molecule has 1 aromatic rings. The molecular weight excluding hydrogens is 152 g/mol. The highest BCUT2D eigenvalue weighted by Gasteiger charge is 2.04. The Labute approximate surface area is 69.8 Å². The first kappa shape index (κ1) is 7.90. The number of nitrogens with two attached hydrogens (primary N) is 2. The van der Waals surface area contributed by atoms with E-state index < -0.39 is 0 Å². The highest BCUT2D eigenvalue weighted by Crippen LogP contribution is 2.26. The molecule has 0 amide bonds. The molecule has 0 atom stereocenters. The minimum absolute atomic E-state index is 0.240.